The molecular weight excluding hydrogens is 328 g/mol. The van der Waals surface area contributed by atoms with Crippen LogP contribution >= 0.6 is 23.2 Å². The molecule has 0 unspecified atom stereocenters. The Kier molecular flexibility index (Phi) is 4.39. The topological polar surface area (TPSA) is 37.9 Å². The number of aryl methyl sites for hydroxylation is 1. The highest BCUT2D eigenvalue weighted by Gasteiger charge is 2.32. The van der Waals surface area contributed by atoms with Crippen molar-refractivity contribution >= 4 is 23.2 Å². The van der Waals surface area contributed by atoms with Gasteiger partial charge in [-0.15, -0.1) is 5.10 Å². The lowest BCUT2D eigenvalue weighted by molar-refractivity contribution is -0.137. The van der Waals surface area contributed by atoms with Crippen LogP contribution in [0.4, 0.5) is 13.2 Å². The van der Waals surface area contributed by atoms with Gasteiger partial charge in [0.25, 0.3) is 0 Å². The summed E-state index contributed by atoms with van der Waals surface area (Å²) in [6.45, 7) is 3.72. The molecule has 3 nitrogen and oxygen atoms in total. The van der Waals surface area contributed by atoms with E-state index in [0.29, 0.717) is 6.42 Å². The van der Waals surface area contributed by atoms with Crippen LogP contribution in [-0.2, 0) is 12.6 Å². The van der Waals surface area contributed by atoms with E-state index in [1.807, 2.05) is 13.8 Å². The zero-order valence-corrected chi connectivity index (χ0v) is 12.6. The van der Waals surface area contributed by atoms with Gasteiger partial charge in [-0.1, -0.05) is 30.1 Å². The zero-order valence-electron chi connectivity index (χ0n) is 11.1. The van der Waals surface area contributed by atoms with E-state index in [2.05, 4.69) is 10.2 Å². The molecule has 114 valence electrons. The molecule has 0 aliphatic heterocycles. The standard InChI is InChI=1S/C13H11Cl2F3N2O/c1-3-8-6(2)19-20-12(8)21-11-9(14)4-7(5-10(11)15)13(16,17)18/h4-5H,3H2,1-2H3,(H,19,20). The lowest BCUT2D eigenvalue weighted by Crippen LogP contribution is -2.05. The molecule has 2 aromatic rings. The number of hydrogen-bond acceptors (Lipinski definition) is 2. The molecule has 1 N–H and O–H groups in total. The van der Waals surface area contributed by atoms with E-state index in [0.717, 1.165) is 23.4 Å². The Morgan fingerprint density at radius 2 is 1.81 bits per heavy atom. The Labute approximate surface area is 129 Å². The molecule has 1 aromatic carbocycles. The zero-order chi connectivity index (χ0) is 15.8. The molecule has 0 amide bonds. The maximum atomic E-state index is 12.7. The molecule has 1 heterocycles. The summed E-state index contributed by atoms with van der Waals surface area (Å²) < 4.78 is 43.4. The van der Waals surface area contributed by atoms with E-state index < -0.39 is 11.7 Å². The first kappa shape index (κ1) is 16.0. The van der Waals surface area contributed by atoms with Gasteiger partial charge in [0, 0.05) is 11.3 Å². The second-order valence-corrected chi connectivity index (χ2v) is 5.17. The fourth-order valence-corrected chi connectivity index (χ4v) is 2.41. The predicted molar refractivity (Wildman–Crippen MR) is 74.2 cm³/mol. The highest BCUT2D eigenvalue weighted by atomic mass is 35.5. The number of nitrogens with zero attached hydrogens (tertiary/aromatic N) is 1. The molecule has 0 fully saturated rings. The number of aromatic amines is 1. The number of rotatable bonds is 3. The molecule has 0 aliphatic rings. The Morgan fingerprint density at radius 3 is 2.29 bits per heavy atom. The Morgan fingerprint density at radius 1 is 1.24 bits per heavy atom. The molecule has 0 aliphatic carbocycles. The van der Waals surface area contributed by atoms with Gasteiger partial charge in [-0.3, -0.25) is 5.10 Å². The number of hydrogen-bond donors (Lipinski definition) is 1. The first-order valence-electron chi connectivity index (χ1n) is 6.02. The maximum absolute atomic E-state index is 12.7. The number of alkyl halides is 3. The highest BCUT2D eigenvalue weighted by molar-refractivity contribution is 6.37. The van der Waals surface area contributed by atoms with E-state index >= 15 is 0 Å². The van der Waals surface area contributed by atoms with Gasteiger partial charge in [0.05, 0.1) is 15.6 Å². The van der Waals surface area contributed by atoms with Crippen molar-refractivity contribution in [1.82, 2.24) is 10.2 Å². The molecule has 0 saturated carbocycles. The van der Waals surface area contributed by atoms with Gasteiger partial charge in [0.1, 0.15) is 0 Å². The van der Waals surface area contributed by atoms with Crippen LogP contribution in [0.3, 0.4) is 0 Å². The van der Waals surface area contributed by atoms with Gasteiger partial charge in [-0.05, 0) is 25.5 Å². The average molecular weight is 339 g/mol. The summed E-state index contributed by atoms with van der Waals surface area (Å²) in [5.41, 5.74) is 0.687. The van der Waals surface area contributed by atoms with Crippen LogP contribution in [0, 0.1) is 6.92 Å². The second-order valence-electron chi connectivity index (χ2n) is 4.35. The molecule has 0 atom stereocenters. The number of nitrogens with one attached hydrogen (secondary N) is 1. The predicted octanol–water partition coefficient (Wildman–Crippen LogP) is 5.40. The number of H-pyrrole nitrogens is 1. The third-order valence-electron chi connectivity index (χ3n) is 2.91. The van der Waals surface area contributed by atoms with Crippen LogP contribution in [-0.4, -0.2) is 10.2 Å². The van der Waals surface area contributed by atoms with Gasteiger partial charge in [-0.25, -0.2) is 0 Å². The molecule has 0 bridgehead atoms. The Balaban J connectivity index is 2.41. The van der Waals surface area contributed by atoms with Gasteiger partial charge in [0.15, 0.2) is 5.75 Å². The molecule has 8 heteroatoms. The van der Waals surface area contributed by atoms with Crippen molar-refractivity contribution in [3.8, 4) is 11.6 Å². The second kappa shape index (κ2) is 5.77. The lowest BCUT2D eigenvalue weighted by atomic mass is 10.2. The monoisotopic (exact) mass is 338 g/mol. The van der Waals surface area contributed by atoms with E-state index in [1.54, 1.807) is 0 Å². The molecular formula is C13H11Cl2F3N2O. The number of halogens is 5. The van der Waals surface area contributed by atoms with Gasteiger partial charge < -0.3 is 4.74 Å². The summed E-state index contributed by atoms with van der Waals surface area (Å²) in [5.74, 6) is 0.200. The van der Waals surface area contributed by atoms with Crippen molar-refractivity contribution < 1.29 is 17.9 Å². The Bertz CT molecular complexity index is 645. The van der Waals surface area contributed by atoms with Crippen LogP contribution < -0.4 is 4.74 Å². The van der Waals surface area contributed by atoms with Crippen LogP contribution in [0.25, 0.3) is 0 Å². The SMILES string of the molecule is CCc1c(Oc2c(Cl)cc(C(F)(F)F)cc2Cl)n[nH]c1C. The third kappa shape index (κ3) is 3.27. The van der Waals surface area contributed by atoms with Gasteiger partial charge in [0.2, 0.25) is 5.88 Å². The first-order chi connectivity index (χ1) is 9.74. The van der Waals surface area contributed by atoms with Crippen molar-refractivity contribution in [2.24, 2.45) is 0 Å². The lowest BCUT2D eigenvalue weighted by Gasteiger charge is -2.12. The van der Waals surface area contributed by atoms with E-state index in [9.17, 15) is 13.2 Å². The number of benzene rings is 1. The van der Waals surface area contributed by atoms with Crippen molar-refractivity contribution in [2.75, 3.05) is 0 Å². The summed E-state index contributed by atoms with van der Waals surface area (Å²) in [5, 5.41) is 6.24. The Hall–Kier alpha value is -1.40. The molecule has 2 rings (SSSR count). The van der Waals surface area contributed by atoms with Crippen LogP contribution in [0.15, 0.2) is 12.1 Å². The normalized spacial score (nSPS) is 11.8. The summed E-state index contributed by atoms with van der Waals surface area (Å²) in [6, 6.07) is 1.54. The quantitative estimate of drug-likeness (QED) is 0.813. The van der Waals surface area contributed by atoms with Crippen LogP contribution in [0.5, 0.6) is 11.6 Å². The summed E-state index contributed by atoms with van der Waals surface area (Å²) >= 11 is 11.7. The van der Waals surface area contributed by atoms with Gasteiger partial charge >= 0.3 is 6.18 Å². The van der Waals surface area contributed by atoms with E-state index in [4.69, 9.17) is 27.9 Å². The van der Waals surface area contributed by atoms with Crippen LogP contribution in [0.1, 0.15) is 23.7 Å². The van der Waals surface area contributed by atoms with Crippen molar-refractivity contribution in [3.05, 3.63) is 39.0 Å². The fourth-order valence-electron chi connectivity index (χ4n) is 1.85. The molecule has 21 heavy (non-hydrogen) atoms. The summed E-state index contributed by atoms with van der Waals surface area (Å²) in [6.07, 6.45) is -3.88. The van der Waals surface area contributed by atoms with Crippen molar-refractivity contribution in [3.63, 3.8) is 0 Å². The molecule has 0 radical (unpaired) electrons. The van der Waals surface area contributed by atoms with Crippen molar-refractivity contribution in [2.45, 2.75) is 26.4 Å². The first-order valence-corrected chi connectivity index (χ1v) is 6.77. The largest absolute Gasteiger partial charge is 0.434 e. The third-order valence-corrected chi connectivity index (χ3v) is 3.48. The average Bonchev–Trinajstić information content (AvgIpc) is 2.72. The smallest absolute Gasteiger partial charge is 0.416 e. The highest BCUT2D eigenvalue weighted by Crippen LogP contribution is 2.42. The van der Waals surface area contributed by atoms with E-state index in [1.165, 1.54) is 0 Å². The summed E-state index contributed by atoms with van der Waals surface area (Å²) in [7, 11) is 0. The minimum atomic E-state index is -4.52. The van der Waals surface area contributed by atoms with Crippen molar-refractivity contribution in [1.29, 1.82) is 0 Å². The fraction of sp³-hybridized carbons (Fsp3) is 0.308. The number of aromatic nitrogens is 2. The van der Waals surface area contributed by atoms with Gasteiger partial charge in [-0.2, -0.15) is 13.2 Å². The van der Waals surface area contributed by atoms with Crippen LogP contribution in [0.2, 0.25) is 10.0 Å². The molecule has 0 spiro atoms. The maximum Gasteiger partial charge on any atom is 0.416 e. The number of ether oxygens (including phenoxy) is 1. The summed E-state index contributed by atoms with van der Waals surface area (Å²) in [4.78, 5) is 0. The van der Waals surface area contributed by atoms with E-state index in [-0.39, 0.29) is 21.7 Å². The minimum absolute atomic E-state index is 0.0486. The molecule has 1 aromatic heterocycles. The molecule has 0 saturated heterocycles. The minimum Gasteiger partial charge on any atom is -0.434 e.